The predicted molar refractivity (Wildman–Crippen MR) is 97.3 cm³/mol. The van der Waals surface area contributed by atoms with E-state index in [1.165, 1.54) is 6.07 Å². The van der Waals surface area contributed by atoms with Crippen molar-refractivity contribution in [3.63, 3.8) is 0 Å². The van der Waals surface area contributed by atoms with E-state index in [9.17, 15) is 18.0 Å². The molecule has 1 N–H and O–H groups in total. The number of hydrogen-bond donors (Lipinski definition) is 1. The normalized spacial score (nSPS) is 16.4. The van der Waals surface area contributed by atoms with Gasteiger partial charge in [-0.25, -0.2) is 0 Å². The van der Waals surface area contributed by atoms with E-state index in [2.05, 4.69) is 15.2 Å². The zero-order valence-electron chi connectivity index (χ0n) is 14.6. The van der Waals surface area contributed by atoms with Gasteiger partial charge in [0.1, 0.15) is 16.7 Å². The maximum absolute atomic E-state index is 13.4. The monoisotopic (exact) mass is 388 g/mol. The number of hydrogen-bond acceptors (Lipinski definition) is 4. The van der Waals surface area contributed by atoms with Crippen LogP contribution in [-0.2, 0) is 10.9 Å². The number of aromatic nitrogens is 4. The third-order valence-electron chi connectivity index (χ3n) is 5.30. The topological polar surface area (TPSA) is 72.8 Å². The van der Waals surface area contributed by atoms with E-state index in [1.807, 2.05) is 0 Å². The Kier molecular flexibility index (Phi) is 3.70. The maximum atomic E-state index is 13.4. The van der Waals surface area contributed by atoms with Crippen molar-refractivity contribution in [1.82, 2.24) is 19.7 Å². The molecule has 5 rings (SSSR count). The molecule has 0 unspecified atom stereocenters. The number of halogens is 3. The van der Waals surface area contributed by atoms with Crippen molar-refractivity contribution < 1.29 is 17.9 Å². The van der Waals surface area contributed by atoms with Gasteiger partial charge in [0.25, 0.3) is 5.56 Å². The predicted octanol–water partition coefficient (Wildman–Crippen LogP) is 3.80. The number of nitrogens with zero attached hydrogens (tertiary/aromatic N) is 3. The third-order valence-corrected chi connectivity index (χ3v) is 5.30. The third kappa shape index (κ3) is 2.50. The molecule has 9 heteroatoms. The molecule has 4 aromatic rings. The van der Waals surface area contributed by atoms with Crippen LogP contribution in [0.5, 0.6) is 0 Å². The van der Waals surface area contributed by atoms with E-state index in [0.717, 1.165) is 12.1 Å². The lowest BCUT2D eigenvalue weighted by atomic mass is 10.1. The van der Waals surface area contributed by atoms with Crippen LogP contribution in [0.15, 0.2) is 35.3 Å². The molecular formula is C19H15F3N4O2. The lowest BCUT2D eigenvalue weighted by molar-refractivity contribution is -0.137. The van der Waals surface area contributed by atoms with Gasteiger partial charge in [0.05, 0.1) is 10.9 Å². The quantitative estimate of drug-likeness (QED) is 0.538. The first-order valence-corrected chi connectivity index (χ1v) is 8.92. The van der Waals surface area contributed by atoms with Crippen LogP contribution in [0.2, 0.25) is 0 Å². The zero-order valence-corrected chi connectivity index (χ0v) is 14.6. The van der Waals surface area contributed by atoms with Gasteiger partial charge in [0.2, 0.25) is 0 Å². The van der Waals surface area contributed by atoms with Crippen molar-refractivity contribution in [1.29, 1.82) is 0 Å². The molecular weight excluding hydrogens is 373 g/mol. The summed E-state index contributed by atoms with van der Waals surface area (Å²) >= 11 is 0. The van der Waals surface area contributed by atoms with Crippen LogP contribution in [0.25, 0.3) is 32.8 Å². The molecule has 0 spiro atoms. The van der Waals surface area contributed by atoms with E-state index < -0.39 is 11.7 Å². The van der Waals surface area contributed by atoms with Crippen LogP contribution in [-0.4, -0.2) is 33.0 Å². The minimum Gasteiger partial charge on any atom is -0.381 e. The van der Waals surface area contributed by atoms with Crippen molar-refractivity contribution in [2.24, 2.45) is 0 Å². The average Bonchev–Trinajstić information content (AvgIpc) is 3.08. The van der Waals surface area contributed by atoms with E-state index in [-0.39, 0.29) is 27.9 Å². The van der Waals surface area contributed by atoms with Gasteiger partial charge in [-0.3, -0.25) is 9.36 Å². The second-order valence-electron chi connectivity index (χ2n) is 6.91. The highest BCUT2D eigenvalue weighted by Gasteiger charge is 2.31. The molecule has 1 aliphatic heterocycles. The number of rotatable bonds is 1. The van der Waals surface area contributed by atoms with Gasteiger partial charge in [-0.2, -0.15) is 13.2 Å². The summed E-state index contributed by atoms with van der Waals surface area (Å²) in [5, 5.41) is 9.13. The average molecular weight is 388 g/mol. The fourth-order valence-corrected chi connectivity index (χ4v) is 3.95. The number of nitrogens with one attached hydrogen (secondary N) is 1. The fourth-order valence-electron chi connectivity index (χ4n) is 3.95. The number of alkyl halides is 3. The Morgan fingerprint density at radius 1 is 1.11 bits per heavy atom. The van der Waals surface area contributed by atoms with E-state index in [1.54, 1.807) is 16.8 Å². The van der Waals surface area contributed by atoms with E-state index in [0.29, 0.717) is 42.6 Å². The number of fused-ring (bicyclic) bond motifs is 2. The highest BCUT2D eigenvalue weighted by atomic mass is 19.4. The van der Waals surface area contributed by atoms with Gasteiger partial charge < -0.3 is 9.72 Å². The number of H-pyrrole nitrogens is 1. The van der Waals surface area contributed by atoms with Gasteiger partial charge in [0, 0.05) is 36.2 Å². The maximum Gasteiger partial charge on any atom is 0.416 e. The summed E-state index contributed by atoms with van der Waals surface area (Å²) in [5.74, 6) is 0. The smallest absolute Gasteiger partial charge is 0.381 e. The molecule has 28 heavy (non-hydrogen) atoms. The van der Waals surface area contributed by atoms with Crippen LogP contribution >= 0.6 is 0 Å². The summed E-state index contributed by atoms with van der Waals surface area (Å²) in [6, 6.07) is 4.73. The van der Waals surface area contributed by atoms with Crippen molar-refractivity contribution >= 4 is 32.8 Å². The summed E-state index contributed by atoms with van der Waals surface area (Å²) in [6.45, 7) is 1.04. The molecule has 1 fully saturated rings. The van der Waals surface area contributed by atoms with E-state index in [4.69, 9.17) is 4.74 Å². The SMILES string of the molecule is O=c1c2ccc(C(F)(F)F)cc2c2nnc3cc[nH]c(c32)n1C1CCOCC1. The molecule has 6 nitrogen and oxygen atoms in total. The summed E-state index contributed by atoms with van der Waals surface area (Å²) < 4.78 is 46.9. The molecule has 0 saturated carbocycles. The minimum atomic E-state index is -4.52. The van der Waals surface area contributed by atoms with E-state index >= 15 is 0 Å². The lowest BCUT2D eigenvalue weighted by Crippen LogP contribution is -2.28. The second-order valence-corrected chi connectivity index (χ2v) is 6.91. The number of benzene rings is 1. The highest BCUT2D eigenvalue weighted by molar-refractivity contribution is 6.14. The van der Waals surface area contributed by atoms with Crippen molar-refractivity contribution in [3.05, 3.63) is 46.4 Å². The molecule has 3 aromatic heterocycles. The van der Waals surface area contributed by atoms with Crippen LogP contribution in [0.1, 0.15) is 24.4 Å². The highest BCUT2D eigenvalue weighted by Crippen LogP contribution is 2.34. The molecule has 1 saturated heterocycles. The number of pyridine rings is 1. The van der Waals surface area contributed by atoms with Crippen molar-refractivity contribution in [3.8, 4) is 0 Å². The van der Waals surface area contributed by atoms with Crippen LogP contribution < -0.4 is 5.56 Å². The minimum absolute atomic E-state index is 0.126. The Balaban J connectivity index is 1.99. The number of ether oxygens (including phenoxy) is 1. The summed E-state index contributed by atoms with van der Waals surface area (Å²) in [6.07, 6.45) is -1.58. The zero-order chi connectivity index (χ0) is 19.5. The van der Waals surface area contributed by atoms with Gasteiger partial charge >= 0.3 is 6.18 Å². The fraction of sp³-hybridized carbons (Fsp3) is 0.316. The molecule has 0 radical (unpaired) electrons. The molecule has 1 aliphatic rings. The molecule has 144 valence electrons. The first kappa shape index (κ1) is 17.2. The summed E-state index contributed by atoms with van der Waals surface area (Å²) in [4.78, 5) is 16.5. The van der Waals surface area contributed by atoms with Crippen LogP contribution in [0, 0.1) is 0 Å². The molecule has 4 heterocycles. The molecule has 0 atom stereocenters. The Labute approximate surface area is 155 Å². The van der Waals surface area contributed by atoms with Gasteiger partial charge in [-0.05, 0) is 37.1 Å². The van der Waals surface area contributed by atoms with Gasteiger partial charge in [-0.15, -0.1) is 10.2 Å². The number of aromatic amines is 1. The molecule has 0 bridgehead atoms. The molecule has 0 aliphatic carbocycles. The second kappa shape index (κ2) is 6.03. The Hall–Kier alpha value is -2.94. The molecule has 1 aromatic carbocycles. The Morgan fingerprint density at radius 3 is 2.64 bits per heavy atom. The molecule has 0 amide bonds. The van der Waals surface area contributed by atoms with Crippen LogP contribution in [0.3, 0.4) is 0 Å². The standard InChI is InChI=1S/C19H15F3N4O2/c20-19(21,22)10-1-2-12-13(9-10)16-15-14(24-25-16)3-6-23-17(15)26(18(12)27)11-4-7-28-8-5-11/h1-3,6,9,11,23H,4-5,7-8H2. The van der Waals surface area contributed by atoms with Gasteiger partial charge in [0.15, 0.2) is 0 Å². The van der Waals surface area contributed by atoms with Crippen molar-refractivity contribution in [2.75, 3.05) is 13.2 Å². The van der Waals surface area contributed by atoms with Crippen LogP contribution in [0.4, 0.5) is 13.2 Å². The Bertz CT molecular complexity index is 1270. The summed E-state index contributed by atoms with van der Waals surface area (Å²) in [5.41, 5.74) is 0.150. The largest absolute Gasteiger partial charge is 0.416 e. The van der Waals surface area contributed by atoms with Gasteiger partial charge in [-0.1, -0.05) is 0 Å². The first-order chi connectivity index (χ1) is 13.4. The first-order valence-electron chi connectivity index (χ1n) is 8.92. The Morgan fingerprint density at radius 2 is 1.89 bits per heavy atom. The van der Waals surface area contributed by atoms with Crippen molar-refractivity contribution in [2.45, 2.75) is 25.1 Å². The lowest BCUT2D eigenvalue weighted by Gasteiger charge is -2.24. The summed E-state index contributed by atoms with van der Waals surface area (Å²) in [7, 11) is 0.